The molecule has 2 aromatic rings. The Morgan fingerprint density at radius 1 is 1.05 bits per heavy atom. The Balaban J connectivity index is 2.45. The highest BCUT2D eigenvalue weighted by molar-refractivity contribution is 9.10. The number of halogens is 1. The minimum absolute atomic E-state index is 0.164. The summed E-state index contributed by atoms with van der Waals surface area (Å²) in [6.07, 6.45) is 0. The summed E-state index contributed by atoms with van der Waals surface area (Å²) in [6, 6.07) is 12.1. The van der Waals surface area contributed by atoms with Crippen LogP contribution in [0.1, 0.15) is 28.3 Å². The van der Waals surface area contributed by atoms with Crippen LogP contribution < -0.4 is 10.5 Å². The lowest BCUT2D eigenvalue weighted by molar-refractivity contribution is 0.414. The average molecular weight is 320 g/mol. The highest BCUT2D eigenvalue weighted by Gasteiger charge is 2.14. The van der Waals surface area contributed by atoms with Crippen molar-refractivity contribution in [3.8, 4) is 5.75 Å². The number of hydrogen-bond acceptors (Lipinski definition) is 2. The fraction of sp³-hybridized carbons (Fsp3) is 0.250. The molecule has 0 amide bonds. The zero-order valence-corrected chi connectivity index (χ0v) is 13.0. The van der Waals surface area contributed by atoms with E-state index < -0.39 is 0 Å². The minimum Gasteiger partial charge on any atom is -0.497 e. The molecule has 2 aromatic carbocycles. The molecule has 0 heterocycles. The Kier molecular flexibility index (Phi) is 4.27. The monoisotopic (exact) mass is 319 g/mol. The molecule has 0 spiro atoms. The zero-order chi connectivity index (χ0) is 14.0. The molecule has 100 valence electrons. The second-order valence-electron chi connectivity index (χ2n) is 4.79. The predicted octanol–water partition coefficient (Wildman–Crippen LogP) is 4.12. The highest BCUT2D eigenvalue weighted by atomic mass is 79.9. The van der Waals surface area contributed by atoms with E-state index in [0.717, 1.165) is 21.3 Å². The van der Waals surface area contributed by atoms with E-state index in [1.165, 1.54) is 11.1 Å². The van der Waals surface area contributed by atoms with Crippen molar-refractivity contribution in [3.05, 3.63) is 63.1 Å². The zero-order valence-electron chi connectivity index (χ0n) is 11.4. The summed E-state index contributed by atoms with van der Waals surface area (Å²) in [7, 11) is 1.66. The Labute approximate surface area is 122 Å². The van der Waals surface area contributed by atoms with Gasteiger partial charge in [0.2, 0.25) is 0 Å². The van der Waals surface area contributed by atoms with Gasteiger partial charge in [-0.2, -0.15) is 0 Å². The molecule has 1 unspecified atom stereocenters. The number of rotatable bonds is 3. The van der Waals surface area contributed by atoms with Crippen LogP contribution in [0, 0.1) is 13.8 Å². The highest BCUT2D eigenvalue weighted by Crippen LogP contribution is 2.30. The molecule has 2 nitrogen and oxygen atoms in total. The van der Waals surface area contributed by atoms with Crippen molar-refractivity contribution in [1.82, 2.24) is 0 Å². The predicted molar refractivity (Wildman–Crippen MR) is 82.6 cm³/mol. The van der Waals surface area contributed by atoms with Crippen LogP contribution in [0.3, 0.4) is 0 Å². The SMILES string of the molecule is COc1ccc(Br)c(C(N)c2cc(C)cc(C)c2)c1. The molecule has 0 aromatic heterocycles. The molecule has 0 aliphatic carbocycles. The van der Waals surface area contributed by atoms with Gasteiger partial charge >= 0.3 is 0 Å². The summed E-state index contributed by atoms with van der Waals surface area (Å²) < 4.78 is 6.27. The third-order valence-corrected chi connectivity index (χ3v) is 3.86. The normalized spacial score (nSPS) is 12.3. The lowest BCUT2D eigenvalue weighted by Gasteiger charge is -2.17. The van der Waals surface area contributed by atoms with E-state index in [2.05, 4.69) is 48.0 Å². The van der Waals surface area contributed by atoms with Crippen LogP contribution in [-0.4, -0.2) is 7.11 Å². The summed E-state index contributed by atoms with van der Waals surface area (Å²) in [5.74, 6) is 0.818. The van der Waals surface area contributed by atoms with E-state index in [9.17, 15) is 0 Å². The van der Waals surface area contributed by atoms with Crippen molar-refractivity contribution < 1.29 is 4.74 Å². The standard InChI is InChI=1S/C16H18BrNO/c1-10-6-11(2)8-12(7-10)16(18)14-9-13(19-3)4-5-15(14)17/h4-9,16H,18H2,1-3H3. The molecule has 0 radical (unpaired) electrons. The van der Waals surface area contributed by atoms with Gasteiger partial charge in [0.25, 0.3) is 0 Å². The van der Waals surface area contributed by atoms with Gasteiger partial charge in [0.05, 0.1) is 13.2 Å². The Bertz CT molecular complexity index is 575. The lowest BCUT2D eigenvalue weighted by Crippen LogP contribution is -2.13. The molecule has 3 heteroatoms. The number of nitrogens with two attached hydrogens (primary N) is 1. The molecule has 2 rings (SSSR count). The van der Waals surface area contributed by atoms with Gasteiger partial charge in [-0.15, -0.1) is 0 Å². The van der Waals surface area contributed by atoms with Crippen molar-refractivity contribution in [2.24, 2.45) is 5.73 Å². The molecule has 1 atom stereocenters. The fourth-order valence-corrected chi connectivity index (χ4v) is 2.75. The van der Waals surface area contributed by atoms with Gasteiger partial charge in [-0.25, -0.2) is 0 Å². The first-order valence-electron chi connectivity index (χ1n) is 6.18. The van der Waals surface area contributed by atoms with Crippen molar-refractivity contribution in [2.45, 2.75) is 19.9 Å². The largest absolute Gasteiger partial charge is 0.497 e. The quantitative estimate of drug-likeness (QED) is 0.923. The topological polar surface area (TPSA) is 35.2 Å². The maximum atomic E-state index is 6.39. The first kappa shape index (κ1) is 14.1. The van der Waals surface area contributed by atoms with Crippen molar-refractivity contribution >= 4 is 15.9 Å². The number of benzene rings is 2. The molecular weight excluding hydrogens is 302 g/mol. The Morgan fingerprint density at radius 3 is 2.26 bits per heavy atom. The van der Waals surface area contributed by atoms with Gasteiger partial charge in [0.1, 0.15) is 5.75 Å². The molecule has 0 bridgehead atoms. The average Bonchev–Trinajstić information content (AvgIpc) is 2.37. The summed E-state index contributed by atoms with van der Waals surface area (Å²) in [4.78, 5) is 0. The number of hydrogen-bond donors (Lipinski definition) is 1. The second-order valence-corrected chi connectivity index (χ2v) is 5.64. The summed E-state index contributed by atoms with van der Waals surface area (Å²) in [5.41, 5.74) is 11.0. The Hall–Kier alpha value is -1.32. The summed E-state index contributed by atoms with van der Waals surface area (Å²) in [6.45, 7) is 4.17. The maximum Gasteiger partial charge on any atom is 0.119 e. The van der Waals surface area contributed by atoms with Crippen LogP contribution in [0.5, 0.6) is 5.75 Å². The van der Waals surface area contributed by atoms with Crippen molar-refractivity contribution in [1.29, 1.82) is 0 Å². The van der Waals surface area contributed by atoms with E-state index in [4.69, 9.17) is 10.5 Å². The number of aryl methyl sites for hydroxylation is 2. The third-order valence-electron chi connectivity index (χ3n) is 3.14. The van der Waals surface area contributed by atoms with Crippen LogP contribution >= 0.6 is 15.9 Å². The first-order chi connectivity index (χ1) is 9.01. The maximum absolute atomic E-state index is 6.39. The van der Waals surface area contributed by atoms with Crippen LogP contribution in [0.15, 0.2) is 40.9 Å². The van der Waals surface area contributed by atoms with Gasteiger partial charge in [-0.3, -0.25) is 0 Å². The third kappa shape index (κ3) is 3.17. The molecule has 19 heavy (non-hydrogen) atoms. The van der Waals surface area contributed by atoms with Gasteiger partial charge in [-0.05, 0) is 43.2 Å². The molecule has 0 aliphatic heterocycles. The van der Waals surface area contributed by atoms with Crippen LogP contribution in [0.4, 0.5) is 0 Å². The smallest absolute Gasteiger partial charge is 0.119 e. The van der Waals surface area contributed by atoms with Gasteiger partial charge in [0.15, 0.2) is 0 Å². The lowest BCUT2D eigenvalue weighted by atomic mass is 9.96. The molecule has 0 saturated heterocycles. The second kappa shape index (κ2) is 5.76. The van der Waals surface area contributed by atoms with Gasteiger partial charge in [0, 0.05) is 4.47 Å². The fourth-order valence-electron chi connectivity index (χ4n) is 2.26. The summed E-state index contributed by atoms with van der Waals surface area (Å²) >= 11 is 3.56. The van der Waals surface area contributed by atoms with Crippen LogP contribution in [0.2, 0.25) is 0 Å². The summed E-state index contributed by atoms with van der Waals surface area (Å²) in [5, 5.41) is 0. The van der Waals surface area contributed by atoms with E-state index in [1.807, 2.05) is 18.2 Å². The van der Waals surface area contributed by atoms with E-state index in [-0.39, 0.29) is 6.04 Å². The molecule has 2 N–H and O–H groups in total. The first-order valence-corrected chi connectivity index (χ1v) is 6.98. The van der Waals surface area contributed by atoms with E-state index in [1.54, 1.807) is 7.11 Å². The van der Waals surface area contributed by atoms with Crippen molar-refractivity contribution in [3.63, 3.8) is 0 Å². The number of ether oxygens (including phenoxy) is 1. The van der Waals surface area contributed by atoms with E-state index >= 15 is 0 Å². The Morgan fingerprint density at radius 2 is 1.68 bits per heavy atom. The molecule has 0 fully saturated rings. The van der Waals surface area contributed by atoms with Crippen molar-refractivity contribution in [2.75, 3.05) is 7.11 Å². The minimum atomic E-state index is -0.164. The van der Waals surface area contributed by atoms with E-state index in [0.29, 0.717) is 0 Å². The molecule has 0 saturated carbocycles. The van der Waals surface area contributed by atoms with Crippen LogP contribution in [0.25, 0.3) is 0 Å². The van der Waals surface area contributed by atoms with Crippen LogP contribution in [-0.2, 0) is 0 Å². The van der Waals surface area contributed by atoms with Gasteiger partial charge in [-0.1, -0.05) is 45.3 Å². The van der Waals surface area contributed by atoms with Gasteiger partial charge < -0.3 is 10.5 Å². The molecular formula is C16H18BrNO. The number of methoxy groups -OCH3 is 1. The molecule has 0 aliphatic rings.